The molecule has 0 aromatic rings. The van der Waals surface area contributed by atoms with E-state index in [4.69, 9.17) is 10.5 Å². The zero-order valence-corrected chi connectivity index (χ0v) is 13.0. The van der Waals surface area contributed by atoms with E-state index in [-0.39, 0.29) is 0 Å². The van der Waals surface area contributed by atoms with Crippen LogP contribution in [-0.2, 0) is 4.74 Å². The van der Waals surface area contributed by atoms with E-state index < -0.39 is 0 Å². The molecule has 2 fully saturated rings. The number of nitrogens with two attached hydrogens (primary N) is 1. The monoisotopic (exact) mass is 267 g/mol. The second-order valence-corrected chi connectivity index (χ2v) is 7.34. The Hall–Kier alpha value is -0.0800. The van der Waals surface area contributed by atoms with Crippen LogP contribution in [0, 0.1) is 11.3 Å². The molecule has 1 aliphatic carbocycles. The molecule has 2 unspecified atom stereocenters. The molecule has 1 aliphatic heterocycles. The summed E-state index contributed by atoms with van der Waals surface area (Å²) in [5, 5.41) is 0. The number of hydrogen-bond acceptors (Lipinski definition) is 2. The molecular weight excluding hydrogens is 234 g/mol. The molecule has 0 bridgehead atoms. The maximum Gasteiger partial charge on any atom is 0.0576 e. The summed E-state index contributed by atoms with van der Waals surface area (Å²) in [6, 6.07) is 0.416. The Balaban J connectivity index is 1.76. The predicted octanol–water partition coefficient (Wildman–Crippen LogP) is 4.27. The highest BCUT2D eigenvalue weighted by Gasteiger charge is 2.39. The molecule has 0 amide bonds. The van der Waals surface area contributed by atoms with Crippen molar-refractivity contribution >= 4 is 0 Å². The van der Waals surface area contributed by atoms with Crippen LogP contribution in [0.4, 0.5) is 0 Å². The summed E-state index contributed by atoms with van der Waals surface area (Å²) in [5.41, 5.74) is 7.07. The van der Waals surface area contributed by atoms with Crippen molar-refractivity contribution in [3.63, 3.8) is 0 Å². The first-order chi connectivity index (χ1) is 9.12. The summed E-state index contributed by atoms with van der Waals surface area (Å²) in [5.74, 6) is 0.780. The topological polar surface area (TPSA) is 35.2 Å². The van der Waals surface area contributed by atoms with E-state index in [0.717, 1.165) is 12.5 Å². The first kappa shape index (κ1) is 15.3. The van der Waals surface area contributed by atoms with Crippen LogP contribution in [0.3, 0.4) is 0 Å². The average molecular weight is 267 g/mol. The fraction of sp³-hybridized carbons (Fsp3) is 1.00. The SMILES string of the molecule is CC(C)CC1(C(N)CCCC2CCCO2)CCCC1. The molecule has 1 heterocycles. The van der Waals surface area contributed by atoms with Gasteiger partial charge >= 0.3 is 0 Å². The highest BCUT2D eigenvalue weighted by atomic mass is 16.5. The lowest BCUT2D eigenvalue weighted by molar-refractivity contribution is 0.0978. The molecule has 1 saturated carbocycles. The van der Waals surface area contributed by atoms with Crippen LogP contribution in [0.5, 0.6) is 0 Å². The first-order valence-electron chi connectivity index (χ1n) is 8.49. The third-order valence-corrected chi connectivity index (χ3v) is 5.27. The summed E-state index contributed by atoms with van der Waals surface area (Å²) < 4.78 is 5.71. The van der Waals surface area contributed by atoms with Crippen molar-refractivity contribution in [3.8, 4) is 0 Å². The third kappa shape index (κ3) is 4.19. The van der Waals surface area contributed by atoms with E-state index in [0.29, 0.717) is 17.6 Å². The summed E-state index contributed by atoms with van der Waals surface area (Å²) >= 11 is 0. The number of hydrogen-bond donors (Lipinski definition) is 1. The summed E-state index contributed by atoms with van der Waals surface area (Å²) in [6.07, 6.45) is 13.6. The van der Waals surface area contributed by atoms with Crippen LogP contribution in [0.1, 0.15) is 78.1 Å². The van der Waals surface area contributed by atoms with E-state index in [9.17, 15) is 0 Å². The molecule has 0 spiro atoms. The van der Waals surface area contributed by atoms with Gasteiger partial charge in [-0.05, 0) is 62.7 Å². The minimum Gasteiger partial charge on any atom is -0.378 e. The van der Waals surface area contributed by atoms with Gasteiger partial charge in [0.05, 0.1) is 6.10 Å². The van der Waals surface area contributed by atoms with E-state index in [1.807, 2.05) is 0 Å². The standard InChI is InChI=1S/C17H33NO/c1-14(2)13-17(10-3-4-11-17)16(18)9-5-7-15-8-6-12-19-15/h14-16H,3-13,18H2,1-2H3. The zero-order chi connectivity index (χ0) is 13.7. The normalized spacial score (nSPS) is 28.1. The van der Waals surface area contributed by atoms with Gasteiger partial charge in [0.2, 0.25) is 0 Å². The fourth-order valence-corrected chi connectivity index (χ4v) is 4.36. The Labute approximate surface area is 119 Å². The smallest absolute Gasteiger partial charge is 0.0576 e. The van der Waals surface area contributed by atoms with Gasteiger partial charge in [-0.2, -0.15) is 0 Å². The second-order valence-electron chi connectivity index (χ2n) is 7.34. The zero-order valence-electron chi connectivity index (χ0n) is 13.0. The lowest BCUT2D eigenvalue weighted by Gasteiger charge is -2.37. The van der Waals surface area contributed by atoms with Crippen molar-refractivity contribution < 1.29 is 4.74 Å². The van der Waals surface area contributed by atoms with Crippen molar-refractivity contribution in [1.82, 2.24) is 0 Å². The van der Waals surface area contributed by atoms with Gasteiger partial charge in [-0.1, -0.05) is 26.7 Å². The van der Waals surface area contributed by atoms with Gasteiger partial charge < -0.3 is 10.5 Å². The molecule has 2 nitrogen and oxygen atoms in total. The number of ether oxygens (including phenoxy) is 1. The van der Waals surface area contributed by atoms with Gasteiger partial charge in [0.1, 0.15) is 0 Å². The van der Waals surface area contributed by atoms with Crippen LogP contribution < -0.4 is 5.73 Å². The molecular formula is C17H33NO. The van der Waals surface area contributed by atoms with E-state index in [1.165, 1.54) is 64.2 Å². The molecule has 112 valence electrons. The summed E-state index contributed by atoms with van der Waals surface area (Å²) in [7, 11) is 0. The van der Waals surface area contributed by atoms with Crippen LogP contribution >= 0.6 is 0 Å². The van der Waals surface area contributed by atoms with Crippen LogP contribution in [0.15, 0.2) is 0 Å². The maximum absolute atomic E-state index is 6.61. The van der Waals surface area contributed by atoms with Gasteiger partial charge in [-0.15, -0.1) is 0 Å². The van der Waals surface area contributed by atoms with Gasteiger partial charge in [0, 0.05) is 12.6 Å². The fourth-order valence-electron chi connectivity index (χ4n) is 4.36. The maximum atomic E-state index is 6.61. The van der Waals surface area contributed by atoms with Crippen molar-refractivity contribution in [1.29, 1.82) is 0 Å². The predicted molar refractivity (Wildman–Crippen MR) is 81.2 cm³/mol. The van der Waals surface area contributed by atoms with Crippen molar-refractivity contribution in [2.24, 2.45) is 17.1 Å². The Bertz CT molecular complexity index is 252. The van der Waals surface area contributed by atoms with Crippen molar-refractivity contribution in [2.45, 2.75) is 90.2 Å². The molecule has 0 aromatic heterocycles. The molecule has 2 atom stereocenters. The summed E-state index contributed by atoms with van der Waals surface area (Å²) in [4.78, 5) is 0. The van der Waals surface area contributed by atoms with Gasteiger partial charge in [0.15, 0.2) is 0 Å². The number of rotatable bonds is 7. The van der Waals surface area contributed by atoms with E-state index in [2.05, 4.69) is 13.8 Å². The Morgan fingerprint density at radius 1 is 1.21 bits per heavy atom. The first-order valence-corrected chi connectivity index (χ1v) is 8.49. The highest BCUT2D eigenvalue weighted by Crippen LogP contribution is 2.46. The minimum atomic E-state index is 0.416. The lowest BCUT2D eigenvalue weighted by Crippen LogP contribution is -2.41. The second kappa shape index (κ2) is 7.08. The Morgan fingerprint density at radius 2 is 1.95 bits per heavy atom. The molecule has 19 heavy (non-hydrogen) atoms. The van der Waals surface area contributed by atoms with Crippen LogP contribution in [-0.4, -0.2) is 18.8 Å². The van der Waals surface area contributed by atoms with Gasteiger partial charge in [-0.25, -0.2) is 0 Å². The molecule has 2 rings (SSSR count). The van der Waals surface area contributed by atoms with E-state index >= 15 is 0 Å². The molecule has 0 radical (unpaired) electrons. The summed E-state index contributed by atoms with van der Waals surface area (Å²) in [6.45, 7) is 5.67. The van der Waals surface area contributed by atoms with Crippen molar-refractivity contribution in [3.05, 3.63) is 0 Å². The van der Waals surface area contributed by atoms with Gasteiger partial charge in [0.25, 0.3) is 0 Å². The third-order valence-electron chi connectivity index (χ3n) is 5.27. The molecule has 2 aliphatic rings. The molecule has 2 heteroatoms. The largest absolute Gasteiger partial charge is 0.378 e. The van der Waals surface area contributed by atoms with Gasteiger partial charge in [-0.3, -0.25) is 0 Å². The average Bonchev–Trinajstić information content (AvgIpc) is 3.00. The van der Waals surface area contributed by atoms with Crippen LogP contribution in [0.2, 0.25) is 0 Å². The highest BCUT2D eigenvalue weighted by molar-refractivity contribution is 4.93. The minimum absolute atomic E-state index is 0.416. The Kier molecular flexibility index (Phi) is 5.70. The quantitative estimate of drug-likeness (QED) is 0.747. The van der Waals surface area contributed by atoms with Crippen molar-refractivity contribution in [2.75, 3.05) is 6.61 Å². The lowest BCUT2D eigenvalue weighted by atomic mass is 9.71. The molecule has 2 N–H and O–H groups in total. The van der Waals surface area contributed by atoms with Crippen LogP contribution in [0.25, 0.3) is 0 Å². The van der Waals surface area contributed by atoms with E-state index in [1.54, 1.807) is 0 Å². The molecule has 0 aromatic carbocycles. The Morgan fingerprint density at radius 3 is 2.53 bits per heavy atom. The molecule has 1 saturated heterocycles.